The van der Waals surface area contributed by atoms with Crippen molar-refractivity contribution in [1.82, 2.24) is 5.32 Å². The number of amides is 1. The number of halogens is 4. The van der Waals surface area contributed by atoms with Crippen LogP contribution in [-0.4, -0.2) is 11.0 Å². The predicted octanol–water partition coefficient (Wildman–Crippen LogP) is 7.09. The van der Waals surface area contributed by atoms with Gasteiger partial charge in [-0.1, -0.05) is 52.5 Å². The topological polar surface area (TPSA) is 54.3 Å². The molecule has 0 aliphatic heterocycles. The van der Waals surface area contributed by atoms with Crippen LogP contribution < -0.4 is 10.6 Å². The Hall–Kier alpha value is -2.02. The van der Waals surface area contributed by atoms with Crippen molar-refractivity contribution in [3.63, 3.8) is 0 Å². The third kappa shape index (κ3) is 5.75. The molecule has 9 heteroatoms. The standard InChI is InChI=1S/C20H12Cl4N2O2S/c21-11-4-7-16(15(23)10-11)25-20(29)26-18(27)9-6-12-5-8-17(28-12)13-2-1-3-14(22)19(13)24/h1-10H,(H2,25,26,27,29). The molecule has 0 aliphatic rings. The van der Waals surface area contributed by atoms with Crippen molar-refractivity contribution in [3.05, 3.63) is 80.5 Å². The Kier molecular flexibility index (Phi) is 7.22. The first kappa shape index (κ1) is 21.7. The smallest absolute Gasteiger partial charge is 0.250 e. The third-order valence-corrected chi connectivity index (χ3v) is 5.23. The molecule has 0 fully saturated rings. The maximum atomic E-state index is 12.1. The molecule has 2 aromatic carbocycles. The van der Waals surface area contributed by atoms with Crippen molar-refractivity contribution in [1.29, 1.82) is 0 Å². The Morgan fingerprint density at radius 1 is 1.00 bits per heavy atom. The van der Waals surface area contributed by atoms with Crippen molar-refractivity contribution < 1.29 is 9.21 Å². The number of carbonyl (C=O) groups is 1. The number of anilines is 1. The SMILES string of the molecule is O=C(C=Cc1ccc(-c2cccc(Cl)c2Cl)o1)NC(=S)Nc1ccc(Cl)cc1Cl. The summed E-state index contributed by atoms with van der Waals surface area (Å²) in [6.45, 7) is 0. The Morgan fingerprint density at radius 2 is 1.79 bits per heavy atom. The molecule has 3 rings (SSSR count). The van der Waals surface area contributed by atoms with Gasteiger partial charge in [-0.15, -0.1) is 0 Å². The average Bonchev–Trinajstić information content (AvgIpc) is 3.13. The quantitative estimate of drug-likeness (QED) is 0.306. The van der Waals surface area contributed by atoms with Crippen LogP contribution in [0.2, 0.25) is 20.1 Å². The summed E-state index contributed by atoms with van der Waals surface area (Å²) >= 11 is 29.2. The van der Waals surface area contributed by atoms with Gasteiger partial charge in [0.2, 0.25) is 5.91 Å². The zero-order valence-corrected chi connectivity index (χ0v) is 18.4. The molecule has 0 saturated carbocycles. The highest BCUT2D eigenvalue weighted by atomic mass is 35.5. The molecule has 29 heavy (non-hydrogen) atoms. The largest absolute Gasteiger partial charge is 0.457 e. The lowest BCUT2D eigenvalue weighted by atomic mass is 10.2. The van der Waals surface area contributed by atoms with Gasteiger partial charge < -0.3 is 9.73 Å². The number of furan rings is 1. The molecule has 1 amide bonds. The van der Waals surface area contributed by atoms with E-state index in [-0.39, 0.29) is 5.11 Å². The lowest BCUT2D eigenvalue weighted by Crippen LogP contribution is -2.32. The summed E-state index contributed by atoms with van der Waals surface area (Å²) < 4.78 is 5.70. The Bertz CT molecular complexity index is 1110. The van der Waals surface area contributed by atoms with Gasteiger partial charge >= 0.3 is 0 Å². The number of thiocarbonyl (C=S) groups is 1. The van der Waals surface area contributed by atoms with E-state index in [1.807, 2.05) is 0 Å². The number of carbonyl (C=O) groups excluding carboxylic acids is 1. The highest BCUT2D eigenvalue weighted by Gasteiger charge is 2.10. The summed E-state index contributed by atoms with van der Waals surface area (Å²) in [6.07, 6.45) is 2.80. The van der Waals surface area contributed by atoms with E-state index in [1.54, 1.807) is 48.5 Å². The molecule has 0 atom stereocenters. The monoisotopic (exact) mass is 484 g/mol. The molecule has 1 aromatic heterocycles. The fourth-order valence-corrected chi connectivity index (χ4v) is 3.40. The first-order valence-electron chi connectivity index (χ1n) is 8.13. The van der Waals surface area contributed by atoms with E-state index >= 15 is 0 Å². The second-order valence-electron chi connectivity index (χ2n) is 5.70. The van der Waals surface area contributed by atoms with E-state index in [1.165, 1.54) is 12.2 Å². The minimum absolute atomic E-state index is 0.0923. The van der Waals surface area contributed by atoms with Gasteiger partial charge in [0, 0.05) is 16.7 Å². The van der Waals surface area contributed by atoms with Crippen molar-refractivity contribution in [2.75, 3.05) is 5.32 Å². The number of rotatable bonds is 4. The lowest BCUT2D eigenvalue weighted by molar-refractivity contribution is -0.115. The zero-order valence-electron chi connectivity index (χ0n) is 14.5. The summed E-state index contributed by atoms with van der Waals surface area (Å²) in [5.41, 5.74) is 1.19. The Balaban J connectivity index is 1.61. The number of nitrogens with one attached hydrogen (secondary N) is 2. The van der Waals surface area contributed by atoms with E-state index in [0.717, 1.165) is 0 Å². The van der Waals surface area contributed by atoms with Crippen molar-refractivity contribution in [2.45, 2.75) is 0 Å². The summed E-state index contributed by atoms with van der Waals surface area (Å²) in [6, 6.07) is 13.6. The highest BCUT2D eigenvalue weighted by molar-refractivity contribution is 7.80. The fraction of sp³-hybridized carbons (Fsp3) is 0. The second kappa shape index (κ2) is 9.65. The summed E-state index contributed by atoms with van der Waals surface area (Å²) in [5, 5.41) is 7.14. The lowest BCUT2D eigenvalue weighted by Gasteiger charge is -2.09. The number of hydrogen-bond donors (Lipinski definition) is 2. The molecular formula is C20H12Cl4N2O2S. The molecule has 0 bridgehead atoms. The molecule has 3 aromatic rings. The van der Waals surface area contributed by atoms with Crippen LogP contribution in [0.15, 0.2) is 59.0 Å². The van der Waals surface area contributed by atoms with Crippen LogP contribution in [0.1, 0.15) is 5.76 Å². The van der Waals surface area contributed by atoms with Gasteiger partial charge in [0.15, 0.2) is 5.11 Å². The average molecular weight is 486 g/mol. The minimum atomic E-state index is -0.439. The van der Waals surface area contributed by atoms with Crippen LogP contribution in [-0.2, 0) is 4.79 Å². The minimum Gasteiger partial charge on any atom is -0.457 e. The molecule has 0 saturated heterocycles. The van der Waals surface area contributed by atoms with Crippen molar-refractivity contribution >= 4 is 81.4 Å². The van der Waals surface area contributed by atoms with Crippen LogP contribution in [0.5, 0.6) is 0 Å². The highest BCUT2D eigenvalue weighted by Crippen LogP contribution is 2.34. The third-order valence-electron chi connectivity index (χ3n) is 3.66. The van der Waals surface area contributed by atoms with Gasteiger partial charge in [-0.05, 0) is 60.8 Å². The molecule has 1 heterocycles. The normalized spacial score (nSPS) is 10.9. The molecule has 4 nitrogen and oxygen atoms in total. The predicted molar refractivity (Wildman–Crippen MR) is 124 cm³/mol. The first-order valence-corrected chi connectivity index (χ1v) is 10.0. The molecule has 0 radical (unpaired) electrons. The van der Waals surface area contributed by atoms with Gasteiger partial charge in [0.1, 0.15) is 11.5 Å². The van der Waals surface area contributed by atoms with Crippen LogP contribution in [0.25, 0.3) is 17.4 Å². The molecular weight excluding hydrogens is 474 g/mol. The fourth-order valence-electron chi connectivity index (χ4n) is 2.34. The van der Waals surface area contributed by atoms with Crippen LogP contribution >= 0.6 is 58.6 Å². The van der Waals surface area contributed by atoms with E-state index in [9.17, 15) is 4.79 Å². The summed E-state index contributed by atoms with van der Waals surface area (Å²) in [4.78, 5) is 12.1. The zero-order chi connectivity index (χ0) is 21.0. The van der Waals surface area contributed by atoms with E-state index in [2.05, 4.69) is 10.6 Å². The van der Waals surface area contributed by atoms with Crippen molar-refractivity contribution in [3.8, 4) is 11.3 Å². The number of benzene rings is 2. The van der Waals surface area contributed by atoms with Gasteiger partial charge in [-0.25, -0.2) is 0 Å². The van der Waals surface area contributed by atoms with Gasteiger partial charge in [-0.2, -0.15) is 0 Å². The maximum Gasteiger partial charge on any atom is 0.250 e. The second-order valence-corrected chi connectivity index (χ2v) is 7.74. The Morgan fingerprint density at radius 3 is 2.55 bits per heavy atom. The number of hydrogen-bond acceptors (Lipinski definition) is 3. The van der Waals surface area contributed by atoms with Crippen LogP contribution in [0.3, 0.4) is 0 Å². The maximum absolute atomic E-state index is 12.1. The molecule has 0 aliphatic carbocycles. The van der Waals surface area contributed by atoms with Crippen LogP contribution in [0.4, 0.5) is 5.69 Å². The van der Waals surface area contributed by atoms with E-state index < -0.39 is 5.91 Å². The molecule has 148 valence electrons. The summed E-state index contributed by atoms with van der Waals surface area (Å²) in [5.74, 6) is 0.560. The van der Waals surface area contributed by atoms with Crippen LogP contribution in [0, 0.1) is 0 Å². The van der Waals surface area contributed by atoms with E-state index in [4.69, 9.17) is 63.0 Å². The molecule has 2 N–H and O–H groups in total. The molecule has 0 spiro atoms. The van der Waals surface area contributed by atoms with Gasteiger partial charge in [0.25, 0.3) is 0 Å². The van der Waals surface area contributed by atoms with E-state index in [0.29, 0.717) is 42.9 Å². The summed E-state index contributed by atoms with van der Waals surface area (Å²) in [7, 11) is 0. The Labute approximate surface area is 192 Å². The first-order chi connectivity index (χ1) is 13.8. The van der Waals surface area contributed by atoms with Gasteiger partial charge in [0.05, 0.1) is 20.8 Å². The van der Waals surface area contributed by atoms with Gasteiger partial charge in [-0.3, -0.25) is 10.1 Å². The molecule has 0 unspecified atom stereocenters. The van der Waals surface area contributed by atoms with Crippen molar-refractivity contribution in [2.24, 2.45) is 0 Å².